The molecule has 0 radical (unpaired) electrons. The number of aryl methyl sites for hydroxylation is 1. The molecule has 0 aliphatic carbocycles. The third-order valence-corrected chi connectivity index (χ3v) is 5.34. The lowest BCUT2D eigenvalue weighted by Crippen LogP contribution is -2.40. The summed E-state index contributed by atoms with van der Waals surface area (Å²) in [5, 5.41) is 16.8. The van der Waals surface area contributed by atoms with Crippen LogP contribution in [0.5, 0.6) is 0 Å². The minimum atomic E-state index is 0.135. The average Bonchev–Trinajstić information content (AvgIpc) is 3.09. The third kappa shape index (κ3) is 2.98. The maximum atomic E-state index is 4.71. The van der Waals surface area contributed by atoms with Crippen molar-refractivity contribution >= 4 is 11.0 Å². The zero-order valence-electron chi connectivity index (χ0n) is 15.6. The van der Waals surface area contributed by atoms with Gasteiger partial charge in [0.2, 0.25) is 5.82 Å². The number of hydrogen-bond donors (Lipinski definition) is 1. The summed E-state index contributed by atoms with van der Waals surface area (Å²) in [6.45, 7) is 6.23. The Morgan fingerprint density at radius 1 is 1.07 bits per heavy atom. The highest BCUT2D eigenvalue weighted by Gasteiger charge is 2.20. The fourth-order valence-electron chi connectivity index (χ4n) is 3.92. The number of rotatable bonds is 2. The van der Waals surface area contributed by atoms with Gasteiger partial charge >= 0.3 is 5.49 Å². The normalized spacial score (nSPS) is 19.6. The van der Waals surface area contributed by atoms with E-state index in [9.17, 15) is 0 Å². The smallest absolute Gasteiger partial charge is 0.317 e. The number of piperidine rings is 1. The summed E-state index contributed by atoms with van der Waals surface area (Å²) in [5.41, 5.74) is 5.70. The first kappa shape index (κ1) is 16.4. The molecule has 27 heavy (non-hydrogen) atoms. The Bertz CT molecular complexity index is 1150. The molecule has 5 rings (SSSR count). The molecular weight excluding hydrogens is 338 g/mol. The fourth-order valence-corrected chi connectivity index (χ4v) is 3.92. The van der Waals surface area contributed by atoms with Crippen LogP contribution in [0, 0.1) is 13.1 Å². The fraction of sp³-hybridized carbons (Fsp3) is 0.400. The topological polar surface area (TPSA) is 81.9 Å². The van der Waals surface area contributed by atoms with Crippen molar-refractivity contribution in [2.45, 2.75) is 38.6 Å². The van der Waals surface area contributed by atoms with Crippen LogP contribution in [0.25, 0.3) is 22.6 Å². The van der Waals surface area contributed by atoms with Gasteiger partial charge in [-0.1, -0.05) is 16.2 Å². The van der Waals surface area contributed by atoms with Crippen LogP contribution in [-0.4, -0.2) is 39.4 Å². The Kier molecular flexibility index (Phi) is 3.89. The first-order valence-electron chi connectivity index (χ1n) is 9.52. The van der Waals surface area contributed by atoms with Crippen LogP contribution in [0.3, 0.4) is 0 Å². The molecule has 1 atom stereocenters. The summed E-state index contributed by atoms with van der Waals surface area (Å²) in [6.07, 6.45) is 4.32. The van der Waals surface area contributed by atoms with Gasteiger partial charge in [-0.2, -0.15) is 0 Å². The average molecular weight is 360 g/mol. The molecular formula is C20H22N7+. The molecule has 7 nitrogen and oxygen atoms in total. The summed E-state index contributed by atoms with van der Waals surface area (Å²) in [7, 11) is 0. The maximum Gasteiger partial charge on any atom is 0.346 e. The van der Waals surface area contributed by atoms with E-state index in [2.05, 4.69) is 43.8 Å². The van der Waals surface area contributed by atoms with Gasteiger partial charge in [0, 0.05) is 5.56 Å². The lowest BCUT2D eigenvalue weighted by atomic mass is 9.90. The van der Waals surface area contributed by atoms with E-state index in [-0.39, 0.29) is 6.04 Å². The van der Waals surface area contributed by atoms with Crippen molar-refractivity contribution in [2.24, 2.45) is 4.99 Å². The first-order chi connectivity index (χ1) is 13.2. The first-order valence-corrected chi connectivity index (χ1v) is 9.52. The standard InChI is InChI=1S/C20H22N7/c1-12-9-18(26-27-11-13(2)22-20(12)27)19-23-16-4-3-15(10-17(16)24-25-19)14-5-7-21-8-6-14/h3-4,9-11,13-14,21H,5-8H2,1-2H3/q+1. The van der Waals surface area contributed by atoms with Crippen LogP contribution in [-0.2, 0) is 0 Å². The quantitative estimate of drug-likeness (QED) is 0.694. The number of benzene rings is 1. The molecule has 3 aromatic rings. The largest absolute Gasteiger partial charge is 0.346 e. The molecule has 0 spiro atoms. The lowest BCUT2D eigenvalue weighted by Gasteiger charge is -2.22. The molecule has 2 aromatic heterocycles. The van der Waals surface area contributed by atoms with E-state index in [1.165, 1.54) is 18.4 Å². The van der Waals surface area contributed by atoms with Crippen LogP contribution in [0.4, 0.5) is 0 Å². The Labute approximate surface area is 156 Å². The second kappa shape index (κ2) is 6.42. The predicted octanol–water partition coefficient (Wildman–Crippen LogP) is 1.18. The summed E-state index contributed by atoms with van der Waals surface area (Å²) < 4.78 is 1.82. The van der Waals surface area contributed by atoms with E-state index in [0.717, 1.165) is 35.2 Å². The number of aromatic nitrogens is 5. The molecule has 1 N–H and O–H groups in total. The van der Waals surface area contributed by atoms with Crippen molar-refractivity contribution in [3.05, 3.63) is 47.1 Å². The van der Waals surface area contributed by atoms with Gasteiger partial charge in [-0.25, -0.2) is 4.98 Å². The number of hydrogen-bond acceptors (Lipinski definition) is 6. The van der Waals surface area contributed by atoms with Gasteiger partial charge in [0.1, 0.15) is 11.7 Å². The van der Waals surface area contributed by atoms with Gasteiger partial charge in [-0.3, -0.25) is 0 Å². The van der Waals surface area contributed by atoms with E-state index < -0.39 is 0 Å². The Balaban J connectivity index is 1.54. The summed E-state index contributed by atoms with van der Waals surface area (Å²) >= 11 is 0. The minimum absolute atomic E-state index is 0.135. The van der Waals surface area contributed by atoms with E-state index in [0.29, 0.717) is 17.4 Å². The van der Waals surface area contributed by atoms with Crippen molar-refractivity contribution in [1.29, 1.82) is 0 Å². The van der Waals surface area contributed by atoms with Gasteiger partial charge in [-0.05, 0) is 69.5 Å². The van der Waals surface area contributed by atoms with Gasteiger partial charge in [0.15, 0.2) is 11.7 Å². The third-order valence-electron chi connectivity index (χ3n) is 5.34. The number of nitrogens with zero attached hydrogens (tertiary/aromatic N) is 6. The zero-order valence-corrected chi connectivity index (χ0v) is 15.6. The Morgan fingerprint density at radius 2 is 1.93 bits per heavy atom. The molecule has 4 heterocycles. The SMILES string of the molecule is Cc1cc(-c2nnc3cc(C4CCNCC4)ccc3n2)n[n+]2c1=NC(C)C=2. The van der Waals surface area contributed by atoms with Gasteiger partial charge in [0.25, 0.3) is 0 Å². The van der Waals surface area contributed by atoms with Crippen LogP contribution in [0.2, 0.25) is 0 Å². The van der Waals surface area contributed by atoms with E-state index in [4.69, 9.17) is 4.98 Å². The molecule has 0 amide bonds. The van der Waals surface area contributed by atoms with Crippen LogP contribution in [0.1, 0.15) is 36.8 Å². The van der Waals surface area contributed by atoms with Crippen molar-refractivity contribution in [3.63, 3.8) is 0 Å². The molecule has 0 saturated carbocycles. The molecule has 2 aliphatic heterocycles. The highest BCUT2D eigenvalue weighted by molar-refractivity contribution is 5.76. The molecule has 2 aliphatic rings. The minimum Gasteiger partial charge on any atom is -0.317 e. The van der Waals surface area contributed by atoms with E-state index >= 15 is 0 Å². The molecule has 1 aromatic carbocycles. The van der Waals surface area contributed by atoms with E-state index in [1.807, 2.05) is 30.5 Å². The highest BCUT2D eigenvalue weighted by Crippen LogP contribution is 2.27. The summed E-state index contributed by atoms with van der Waals surface area (Å²) in [4.78, 5) is 9.29. The van der Waals surface area contributed by atoms with Crippen molar-refractivity contribution < 1.29 is 4.36 Å². The summed E-state index contributed by atoms with van der Waals surface area (Å²) in [5.74, 6) is 1.14. The molecule has 0 bridgehead atoms. The molecule has 1 saturated heterocycles. The monoisotopic (exact) mass is 360 g/mol. The molecule has 7 heteroatoms. The zero-order chi connectivity index (χ0) is 18.4. The van der Waals surface area contributed by atoms with Crippen LogP contribution in [0.15, 0.2) is 29.3 Å². The van der Waals surface area contributed by atoms with Crippen molar-refractivity contribution in [2.75, 3.05) is 13.1 Å². The second-order valence-electron chi connectivity index (χ2n) is 7.41. The van der Waals surface area contributed by atoms with Gasteiger partial charge in [0.05, 0.1) is 5.52 Å². The number of nitrogens with one attached hydrogen (secondary N) is 1. The predicted molar refractivity (Wildman–Crippen MR) is 101 cm³/mol. The van der Waals surface area contributed by atoms with Crippen LogP contribution >= 0.6 is 0 Å². The lowest BCUT2D eigenvalue weighted by molar-refractivity contribution is -0.589. The summed E-state index contributed by atoms with van der Waals surface area (Å²) in [6, 6.07) is 8.49. The highest BCUT2D eigenvalue weighted by atomic mass is 15.3. The molecule has 136 valence electrons. The molecule has 1 unspecified atom stereocenters. The number of fused-ring (bicyclic) bond motifs is 2. The van der Waals surface area contributed by atoms with Crippen LogP contribution < -0.4 is 15.2 Å². The Morgan fingerprint density at radius 3 is 2.78 bits per heavy atom. The Hall–Kier alpha value is -2.80. The molecule has 1 fully saturated rings. The van der Waals surface area contributed by atoms with Crippen molar-refractivity contribution in [1.82, 2.24) is 25.6 Å². The van der Waals surface area contributed by atoms with Gasteiger partial charge < -0.3 is 5.32 Å². The second-order valence-corrected chi connectivity index (χ2v) is 7.41. The van der Waals surface area contributed by atoms with Crippen molar-refractivity contribution in [3.8, 4) is 11.5 Å². The maximum absolute atomic E-state index is 4.71. The van der Waals surface area contributed by atoms with Gasteiger partial charge in [-0.15, -0.1) is 14.6 Å². The van der Waals surface area contributed by atoms with E-state index in [1.54, 1.807) is 0 Å².